The second-order valence-corrected chi connectivity index (χ2v) is 8.22. The molecule has 2 aromatic rings. The number of hydrogen-bond donors (Lipinski definition) is 0. The van der Waals surface area contributed by atoms with Gasteiger partial charge >= 0.3 is 5.97 Å². The van der Waals surface area contributed by atoms with Gasteiger partial charge in [0.05, 0.1) is 15.7 Å². The minimum Gasteiger partial charge on any atom is -0.457 e. The van der Waals surface area contributed by atoms with Gasteiger partial charge in [0.15, 0.2) is 6.61 Å². The molecular weight excluding hydrogens is 358 g/mol. The van der Waals surface area contributed by atoms with E-state index in [2.05, 4.69) is 0 Å². The van der Waals surface area contributed by atoms with Crippen LogP contribution in [0.1, 0.15) is 37.1 Å². The number of piperidine rings is 1. The molecule has 2 aromatic heterocycles. The maximum Gasteiger partial charge on any atom is 0.309 e. The van der Waals surface area contributed by atoms with Gasteiger partial charge in [-0.2, -0.15) is 0 Å². The van der Waals surface area contributed by atoms with Crippen LogP contribution in [-0.2, 0) is 9.53 Å². The van der Waals surface area contributed by atoms with E-state index < -0.39 is 0 Å². The van der Waals surface area contributed by atoms with Crippen molar-refractivity contribution in [3.05, 3.63) is 44.3 Å². The summed E-state index contributed by atoms with van der Waals surface area (Å²) in [6.07, 6.45) is 1.14. The zero-order chi connectivity index (χ0) is 17.8. The predicted molar refractivity (Wildman–Crippen MR) is 97.3 cm³/mol. The van der Waals surface area contributed by atoms with Crippen LogP contribution in [0.25, 0.3) is 0 Å². The van der Waals surface area contributed by atoms with Crippen LogP contribution >= 0.6 is 22.7 Å². The van der Waals surface area contributed by atoms with Gasteiger partial charge in [-0.15, -0.1) is 22.7 Å². The monoisotopic (exact) mass is 377 g/mol. The van der Waals surface area contributed by atoms with Crippen molar-refractivity contribution in [1.82, 2.24) is 4.90 Å². The van der Waals surface area contributed by atoms with E-state index in [0.717, 1.165) is 9.75 Å². The quantitative estimate of drug-likeness (QED) is 0.592. The Bertz CT molecular complexity index is 758. The lowest BCUT2D eigenvalue weighted by molar-refractivity contribution is -0.148. The van der Waals surface area contributed by atoms with Gasteiger partial charge in [-0.3, -0.25) is 14.4 Å². The summed E-state index contributed by atoms with van der Waals surface area (Å²) < 4.78 is 5.19. The van der Waals surface area contributed by atoms with Crippen LogP contribution in [0.15, 0.2) is 29.6 Å². The van der Waals surface area contributed by atoms with Gasteiger partial charge in [0.25, 0.3) is 5.91 Å². The number of ketones is 1. The second-order valence-electron chi connectivity index (χ2n) is 5.98. The molecular formula is C18H19NO4S2. The van der Waals surface area contributed by atoms with E-state index in [1.54, 1.807) is 11.0 Å². The summed E-state index contributed by atoms with van der Waals surface area (Å²) in [7, 11) is 0. The summed E-state index contributed by atoms with van der Waals surface area (Å²) in [5.74, 6) is -0.739. The van der Waals surface area contributed by atoms with Gasteiger partial charge in [-0.25, -0.2) is 0 Å². The number of carbonyl (C=O) groups excluding carboxylic acids is 3. The minimum absolute atomic E-state index is 0.0186. The molecule has 1 aliphatic rings. The molecule has 0 N–H and O–H groups in total. The zero-order valence-electron chi connectivity index (χ0n) is 13.9. The summed E-state index contributed by atoms with van der Waals surface area (Å²) in [5, 5.41) is 1.88. The number of Topliss-reactive ketones (excluding diaryl/α,β-unsaturated/α-hetero) is 1. The molecule has 3 heterocycles. The molecule has 0 unspecified atom stereocenters. The number of likely N-dealkylation sites (tertiary alicyclic amines) is 1. The number of aryl methyl sites for hydroxylation is 1. The lowest BCUT2D eigenvalue weighted by Gasteiger charge is -2.30. The van der Waals surface area contributed by atoms with E-state index in [-0.39, 0.29) is 30.2 Å². The highest BCUT2D eigenvalue weighted by Gasteiger charge is 2.29. The van der Waals surface area contributed by atoms with Crippen molar-refractivity contribution in [3.63, 3.8) is 0 Å². The topological polar surface area (TPSA) is 63.7 Å². The van der Waals surface area contributed by atoms with Crippen LogP contribution in [0, 0.1) is 12.8 Å². The normalized spacial score (nSPS) is 15.2. The Labute approximate surface area is 154 Å². The van der Waals surface area contributed by atoms with Crippen LogP contribution in [0.5, 0.6) is 0 Å². The predicted octanol–water partition coefficient (Wildman–Crippen LogP) is 3.40. The molecule has 132 valence electrons. The van der Waals surface area contributed by atoms with Crippen LogP contribution in [0.2, 0.25) is 0 Å². The average molecular weight is 377 g/mol. The van der Waals surface area contributed by atoms with Crippen molar-refractivity contribution in [1.29, 1.82) is 0 Å². The van der Waals surface area contributed by atoms with Crippen molar-refractivity contribution in [2.45, 2.75) is 19.8 Å². The van der Waals surface area contributed by atoms with Crippen molar-refractivity contribution in [2.75, 3.05) is 19.7 Å². The Morgan fingerprint density at radius 3 is 2.52 bits per heavy atom. The molecule has 0 atom stereocenters. The first-order valence-corrected chi connectivity index (χ1v) is 9.83. The molecule has 0 spiro atoms. The molecule has 0 saturated carbocycles. The maximum atomic E-state index is 12.3. The Morgan fingerprint density at radius 1 is 1.16 bits per heavy atom. The van der Waals surface area contributed by atoms with E-state index in [0.29, 0.717) is 30.8 Å². The van der Waals surface area contributed by atoms with Gasteiger partial charge in [0.2, 0.25) is 5.78 Å². The van der Waals surface area contributed by atoms with Crippen LogP contribution < -0.4 is 0 Å². The maximum absolute atomic E-state index is 12.3. The molecule has 1 amide bonds. The average Bonchev–Trinajstić information content (AvgIpc) is 3.30. The Morgan fingerprint density at radius 2 is 1.92 bits per heavy atom. The SMILES string of the molecule is Cc1ccc(C(=O)COC(=O)C2CCN(C(=O)c3cccs3)CC2)s1. The van der Waals surface area contributed by atoms with E-state index in [4.69, 9.17) is 4.74 Å². The van der Waals surface area contributed by atoms with Crippen LogP contribution in [0.3, 0.4) is 0 Å². The third-order valence-corrected chi connectivity index (χ3v) is 6.11. The second kappa shape index (κ2) is 7.93. The van der Waals surface area contributed by atoms with Gasteiger partial charge < -0.3 is 9.64 Å². The standard InChI is InChI=1S/C18H19NO4S2/c1-12-4-5-15(25-12)14(20)11-23-18(22)13-6-8-19(9-7-13)17(21)16-3-2-10-24-16/h2-5,10,13H,6-9,11H2,1H3. The van der Waals surface area contributed by atoms with E-state index in [1.165, 1.54) is 22.7 Å². The zero-order valence-corrected chi connectivity index (χ0v) is 15.5. The molecule has 1 aliphatic heterocycles. The first kappa shape index (κ1) is 17.8. The Hall–Kier alpha value is -1.99. The van der Waals surface area contributed by atoms with Gasteiger partial charge in [-0.1, -0.05) is 6.07 Å². The summed E-state index contributed by atoms with van der Waals surface area (Å²) in [6, 6.07) is 7.30. The number of thiophene rings is 2. The number of ether oxygens (including phenoxy) is 1. The fourth-order valence-electron chi connectivity index (χ4n) is 2.78. The first-order chi connectivity index (χ1) is 12.0. The highest BCUT2D eigenvalue weighted by molar-refractivity contribution is 7.14. The first-order valence-electron chi connectivity index (χ1n) is 8.13. The van der Waals surface area contributed by atoms with Gasteiger partial charge in [0.1, 0.15) is 0 Å². The molecule has 3 rings (SSSR count). The molecule has 0 radical (unpaired) electrons. The van der Waals surface area contributed by atoms with Crippen molar-refractivity contribution in [3.8, 4) is 0 Å². The highest BCUT2D eigenvalue weighted by Crippen LogP contribution is 2.22. The summed E-state index contributed by atoms with van der Waals surface area (Å²) in [6.45, 7) is 2.79. The molecule has 1 saturated heterocycles. The van der Waals surface area contributed by atoms with Crippen molar-refractivity contribution >= 4 is 40.3 Å². The third kappa shape index (κ3) is 4.35. The highest BCUT2D eigenvalue weighted by atomic mass is 32.1. The van der Waals surface area contributed by atoms with Crippen molar-refractivity contribution < 1.29 is 19.1 Å². The van der Waals surface area contributed by atoms with Crippen LogP contribution in [-0.4, -0.2) is 42.3 Å². The number of hydrogen-bond acceptors (Lipinski definition) is 6. The van der Waals surface area contributed by atoms with E-state index in [1.807, 2.05) is 30.5 Å². The summed E-state index contributed by atoms with van der Waals surface area (Å²) in [4.78, 5) is 40.6. The number of rotatable bonds is 5. The van der Waals surface area contributed by atoms with Crippen molar-refractivity contribution in [2.24, 2.45) is 5.92 Å². The number of nitrogens with zero attached hydrogens (tertiary/aromatic N) is 1. The molecule has 0 aromatic carbocycles. The third-order valence-electron chi connectivity index (χ3n) is 4.21. The van der Waals surface area contributed by atoms with E-state index >= 15 is 0 Å². The molecule has 5 nitrogen and oxygen atoms in total. The number of carbonyl (C=O) groups is 3. The lowest BCUT2D eigenvalue weighted by Crippen LogP contribution is -2.40. The molecule has 0 aliphatic carbocycles. The fourth-order valence-corrected chi connectivity index (χ4v) is 4.27. The summed E-state index contributed by atoms with van der Waals surface area (Å²) in [5.41, 5.74) is 0. The number of esters is 1. The van der Waals surface area contributed by atoms with E-state index in [9.17, 15) is 14.4 Å². The lowest BCUT2D eigenvalue weighted by atomic mass is 9.97. The molecule has 1 fully saturated rings. The van der Waals surface area contributed by atoms with Gasteiger partial charge in [-0.05, 0) is 43.3 Å². The largest absolute Gasteiger partial charge is 0.457 e. The van der Waals surface area contributed by atoms with Crippen LogP contribution in [0.4, 0.5) is 0 Å². The Balaban J connectivity index is 1.45. The molecule has 25 heavy (non-hydrogen) atoms. The fraction of sp³-hybridized carbons (Fsp3) is 0.389. The van der Waals surface area contributed by atoms with Gasteiger partial charge in [0, 0.05) is 18.0 Å². The Kier molecular flexibility index (Phi) is 5.65. The number of amides is 1. The molecule has 0 bridgehead atoms. The minimum atomic E-state index is -0.343. The summed E-state index contributed by atoms with van der Waals surface area (Å²) >= 11 is 2.82. The molecule has 7 heteroatoms. The smallest absolute Gasteiger partial charge is 0.309 e.